The van der Waals surface area contributed by atoms with Gasteiger partial charge in [0.25, 0.3) is 0 Å². The number of fused-ring (bicyclic) bond motifs is 1. The molecule has 2 aromatic heterocycles. The average Bonchev–Trinajstić information content (AvgIpc) is 2.97. The van der Waals surface area contributed by atoms with E-state index in [0.717, 1.165) is 9.75 Å². The minimum Gasteiger partial charge on any atom is -0.382 e. The number of aliphatic hydroxyl groups is 1. The molecule has 0 saturated carbocycles. The van der Waals surface area contributed by atoms with Crippen molar-refractivity contribution in [1.29, 1.82) is 0 Å². The van der Waals surface area contributed by atoms with Crippen molar-refractivity contribution >= 4 is 22.7 Å². The maximum Gasteiger partial charge on any atom is 0.122 e. The fraction of sp³-hybridized carbons (Fsp3) is 0.385. The molecule has 0 amide bonds. The van der Waals surface area contributed by atoms with Crippen LogP contribution in [0.4, 0.5) is 0 Å². The van der Waals surface area contributed by atoms with Crippen molar-refractivity contribution < 1.29 is 5.11 Å². The Labute approximate surface area is 103 Å². The Morgan fingerprint density at radius 2 is 2.06 bits per heavy atom. The number of hydrogen-bond acceptors (Lipinski definition) is 3. The first-order chi connectivity index (χ1) is 7.84. The third-order valence-corrected chi connectivity index (χ3v) is 5.31. The number of hydrogen-bond donors (Lipinski definition) is 1. The Balaban J connectivity index is 1.92. The van der Waals surface area contributed by atoms with Gasteiger partial charge in [-0.05, 0) is 48.8 Å². The quantitative estimate of drug-likeness (QED) is 0.860. The maximum absolute atomic E-state index is 10.3. The third kappa shape index (κ3) is 1.83. The summed E-state index contributed by atoms with van der Waals surface area (Å²) in [5.74, 6) is 0. The molecule has 16 heavy (non-hydrogen) atoms. The first kappa shape index (κ1) is 10.5. The molecule has 3 heteroatoms. The molecule has 1 atom stereocenters. The smallest absolute Gasteiger partial charge is 0.122 e. The molecule has 0 bridgehead atoms. The summed E-state index contributed by atoms with van der Waals surface area (Å²) in [6.45, 7) is 0. The summed E-state index contributed by atoms with van der Waals surface area (Å²) in [4.78, 5) is 3.67. The summed E-state index contributed by atoms with van der Waals surface area (Å²) in [5, 5.41) is 12.3. The Bertz CT molecular complexity index is 447. The lowest BCUT2D eigenvalue weighted by Crippen LogP contribution is -1.96. The van der Waals surface area contributed by atoms with Crippen molar-refractivity contribution in [3.05, 3.63) is 43.8 Å². The zero-order chi connectivity index (χ0) is 11.0. The number of thiophene rings is 2. The van der Waals surface area contributed by atoms with Crippen molar-refractivity contribution in [3.63, 3.8) is 0 Å². The molecule has 0 spiro atoms. The summed E-state index contributed by atoms with van der Waals surface area (Å²) < 4.78 is 0. The lowest BCUT2D eigenvalue weighted by molar-refractivity contribution is 0.228. The summed E-state index contributed by atoms with van der Waals surface area (Å²) in [6, 6.07) is 6.22. The van der Waals surface area contributed by atoms with Crippen LogP contribution in [0, 0.1) is 0 Å². The van der Waals surface area contributed by atoms with Crippen LogP contribution in [0.15, 0.2) is 23.6 Å². The van der Waals surface area contributed by atoms with E-state index in [-0.39, 0.29) is 0 Å². The monoisotopic (exact) mass is 250 g/mol. The largest absolute Gasteiger partial charge is 0.382 e. The molecule has 2 aromatic rings. The van der Waals surface area contributed by atoms with Crippen LogP contribution in [0.5, 0.6) is 0 Å². The highest BCUT2D eigenvalue weighted by molar-refractivity contribution is 7.13. The van der Waals surface area contributed by atoms with E-state index in [1.807, 2.05) is 17.5 Å². The molecule has 0 aromatic carbocycles. The average molecular weight is 250 g/mol. The summed E-state index contributed by atoms with van der Waals surface area (Å²) in [6.07, 6.45) is 4.61. The van der Waals surface area contributed by atoms with E-state index in [9.17, 15) is 5.11 Å². The van der Waals surface area contributed by atoms with Crippen LogP contribution in [0.2, 0.25) is 0 Å². The van der Waals surface area contributed by atoms with Gasteiger partial charge in [0.15, 0.2) is 0 Å². The molecular formula is C13H14OS2. The molecular weight excluding hydrogens is 236 g/mol. The highest BCUT2D eigenvalue weighted by atomic mass is 32.1. The highest BCUT2D eigenvalue weighted by Gasteiger charge is 2.19. The molecule has 1 unspecified atom stereocenters. The standard InChI is InChI=1S/C13H14OS2/c14-13(11-6-3-7-15-11)12-8-9-4-1-2-5-10(9)16-12/h3,6-8,13-14H,1-2,4-5H2. The molecule has 0 radical (unpaired) electrons. The van der Waals surface area contributed by atoms with Gasteiger partial charge in [0.05, 0.1) is 0 Å². The molecule has 1 aliphatic carbocycles. The number of aryl methyl sites for hydroxylation is 2. The van der Waals surface area contributed by atoms with Gasteiger partial charge in [-0.2, -0.15) is 0 Å². The van der Waals surface area contributed by atoms with Crippen molar-refractivity contribution in [2.75, 3.05) is 0 Å². The lowest BCUT2D eigenvalue weighted by atomic mass is 9.99. The van der Waals surface area contributed by atoms with Crippen LogP contribution in [0.25, 0.3) is 0 Å². The Hall–Kier alpha value is -0.640. The predicted octanol–water partition coefficient (Wildman–Crippen LogP) is 3.77. The topological polar surface area (TPSA) is 20.2 Å². The van der Waals surface area contributed by atoms with Crippen LogP contribution in [0.3, 0.4) is 0 Å². The van der Waals surface area contributed by atoms with Gasteiger partial charge in [0.2, 0.25) is 0 Å². The molecule has 3 rings (SSSR count). The van der Waals surface area contributed by atoms with E-state index in [4.69, 9.17) is 0 Å². The molecule has 1 aliphatic rings. The van der Waals surface area contributed by atoms with Gasteiger partial charge < -0.3 is 5.11 Å². The molecule has 0 fully saturated rings. The van der Waals surface area contributed by atoms with E-state index in [1.165, 1.54) is 36.1 Å². The first-order valence-electron chi connectivity index (χ1n) is 5.67. The predicted molar refractivity (Wildman–Crippen MR) is 69.3 cm³/mol. The zero-order valence-corrected chi connectivity index (χ0v) is 10.6. The molecule has 2 heterocycles. The lowest BCUT2D eigenvalue weighted by Gasteiger charge is -2.08. The van der Waals surface area contributed by atoms with Crippen molar-refractivity contribution in [2.24, 2.45) is 0 Å². The summed E-state index contributed by atoms with van der Waals surface area (Å²) in [7, 11) is 0. The molecule has 0 aliphatic heterocycles. The second-order valence-electron chi connectivity index (χ2n) is 4.22. The van der Waals surface area contributed by atoms with Crippen LogP contribution >= 0.6 is 22.7 Å². The number of aliphatic hydroxyl groups excluding tert-OH is 1. The van der Waals surface area contributed by atoms with Crippen LogP contribution in [-0.4, -0.2) is 5.11 Å². The van der Waals surface area contributed by atoms with E-state index < -0.39 is 6.10 Å². The summed E-state index contributed by atoms with van der Waals surface area (Å²) >= 11 is 3.43. The SMILES string of the molecule is OC(c1cccs1)c1cc2c(s1)CCCC2. The van der Waals surface area contributed by atoms with Gasteiger partial charge >= 0.3 is 0 Å². The second kappa shape index (κ2) is 4.32. The van der Waals surface area contributed by atoms with Crippen LogP contribution in [-0.2, 0) is 12.8 Å². The van der Waals surface area contributed by atoms with Crippen LogP contribution < -0.4 is 0 Å². The van der Waals surface area contributed by atoms with E-state index in [0.29, 0.717) is 0 Å². The van der Waals surface area contributed by atoms with Crippen LogP contribution in [0.1, 0.15) is 39.1 Å². The van der Waals surface area contributed by atoms with Crippen molar-refractivity contribution in [1.82, 2.24) is 0 Å². The highest BCUT2D eigenvalue weighted by Crippen LogP contribution is 2.36. The maximum atomic E-state index is 10.3. The third-order valence-electron chi connectivity index (χ3n) is 3.10. The fourth-order valence-electron chi connectivity index (χ4n) is 2.24. The van der Waals surface area contributed by atoms with E-state index >= 15 is 0 Å². The Morgan fingerprint density at radius 3 is 2.81 bits per heavy atom. The Morgan fingerprint density at radius 1 is 1.19 bits per heavy atom. The van der Waals surface area contributed by atoms with Gasteiger partial charge in [0.1, 0.15) is 6.10 Å². The second-order valence-corrected chi connectivity index (χ2v) is 6.37. The fourth-order valence-corrected chi connectivity index (χ4v) is 4.30. The minimum atomic E-state index is -0.407. The van der Waals surface area contributed by atoms with Gasteiger partial charge in [-0.25, -0.2) is 0 Å². The van der Waals surface area contributed by atoms with Crippen molar-refractivity contribution in [2.45, 2.75) is 31.8 Å². The molecule has 1 N–H and O–H groups in total. The number of rotatable bonds is 2. The van der Waals surface area contributed by atoms with E-state index in [2.05, 4.69) is 6.07 Å². The summed E-state index contributed by atoms with van der Waals surface area (Å²) in [5.41, 5.74) is 1.47. The van der Waals surface area contributed by atoms with Gasteiger partial charge in [-0.1, -0.05) is 6.07 Å². The molecule has 84 valence electrons. The zero-order valence-electron chi connectivity index (χ0n) is 8.98. The molecule has 1 nitrogen and oxygen atoms in total. The first-order valence-corrected chi connectivity index (χ1v) is 7.37. The minimum absolute atomic E-state index is 0.407. The molecule has 0 saturated heterocycles. The Kier molecular flexibility index (Phi) is 2.84. The van der Waals surface area contributed by atoms with Gasteiger partial charge in [0, 0.05) is 14.6 Å². The van der Waals surface area contributed by atoms with E-state index in [1.54, 1.807) is 22.7 Å². The van der Waals surface area contributed by atoms with Gasteiger partial charge in [-0.15, -0.1) is 22.7 Å². The normalized spacial score (nSPS) is 17.1. The van der Waals surface area contributed by atoms with Crippen molar-refractivity contribution in [3.8, 4) is 0 Å². The van der Waals surface area contributed by atoms with Gasteiger partial charge in [-0.3, -0.25) is 0 Å².